The molecule has 0 aliphatic carbocycles. The molecular weight excluding hydrogens is 479 g/mol. The van der Waals surface area contributed by atoms with Crippen molar-refractivity contribution in [2.45, 2.75) is 58.9 Å². The van der Waals surface area contributed by atoms with Crippen LogP contribution in [0.15, 0.2) is 28.0 Å². The Bertz CT molecular complexity index is 767. The van der Waals surface area contributed by atoms with Crippen molar-refractivity contribution in [2.24, 2.45) is 18.0 Å². The van der Waals surface area contributed by atoms with Crippen molar-refractivity contribution >= 4 is 29.9 Å². The number of likely N-dealkylation sites (tertiary alicyclic amines) is 1. The van der Waals surface area contributed by atoms with Gasteiger partial charge in [0, 0.05) is 44.9 Å². The molecule has 3 heterocycles. The number of aromatic nitrogens is 3. The summed E-state index contributed by atoms with van der Waals surface area (Å²) in [7, 11) is 1.97. The molecule has 1 unspecified atom stereocenters. The van der Waals surface area contributed by atoms with E-state index in [1.54, 1.807) is 0 Å². The lowest BCUT2D eigenvalue weighted by Gasteiger charge is -2.21. The predicted molar refractivity (Wildman–Crippen MR) is 127 cm³/mol. The first kappa shape index (κ1) is 23.7. The predicted octanol–water partition coefficient (Wildman–Crippen LogP) is 3.96. The third kappa shape index (κ3) is 6.45. The summed E-state index contributed by atoms with van der Waals surface area (Å²) in [5.74, 6) is 2.92. The maximum Gasteiger partial charge on any atom is 0.194 e. The molecule has 1 N–H and O–H groups in total. The summed E-state index contributed by atoms with van der Waals surface area (Å²) in [6.07, 6.45) is 8.51. The minimum absolute atomic E-state index is 0. The van der Waals surface area contributed by atoms with Gasteiger partial charge in [-0.3, -0.25) is 4.68 Å². The van der Waals surface area contributed by atoms with Gasteiger partial charge in [-0.1, -0.05) is 19.0 Å². The number of hydrogen-bond donors (Lipinski definition) is 1. The highest BCUT2D eigenvalue weighted by Gasteiger charge is 2.25. The Morgan fingerprint density at radius 3 is 2.79 bits per heavy atom. The molecule has 0 spiro atoms. The number of hydrogen-bond acceptors (Lipinski definition) is 4. The summed E-state index contributed by atoms with van der Waals surface area (Å²) in [5.41, 5.74) is 2.37. The molecule has 1 fully saturated rings. The van der Waals surface area contributed by atoms with Gasteiger partial charge in [0.1, 0.15) is 6.54 Å². The zero-order valence-corrected chi connectivity index (χ0v) is 20.4. The molecule has 29 heavy (non-hydrogen) atoms. The van der Waals surface area contributed by atoms with Crippen molar-refractivity contribution < 1.29 is 4.52 Å². The highest BCUT2D eigenvalue weighted by Crippen LogP contribution is 2.23. The quantitative estimate of drug-likeness (QED) is 0.328. The van der Waals surface area contributed by atoms with Crippen molar-refractivity contribution in [1.29, 1.82) is 0 Å². The van der Waals surface area contributed by atoms with Gasteiger partial charge < -0.3 is 14.7 Å². The minimum atomic E-state index is 0. The van der Waals surface area contributed by atoms with Crippen molar-refractivity contribution in [3.63, 3.8) is 0 Å². The van der Waals surface area contributed by atoms with Crippen LogP contribution in [0.4, 0.5) is 0 Å². The van der Waals surface area contributed by atoms with Crippen LogP contribution in [-0.4, -0.2) is 45.4 Å². The van der Waals surface area contributed by atoms with Gasteiger partial charge >= 0.3 is 0 Å². The number of nitrogens with zero attached hydrogens (tertiary/aromatic N) is 5. The topological polar surface area (TPSA) is 71.5 Å². The zero-order valence-electron chi connectivity index (χ0n) is 18.1. The van der Waals surface area contributed by atoms with E-state index in [1.165, 1.54) is 12.0 Å². The fourth-order valence-corrected chi connectivity index (χ4v) is 3.98. The maximum absolute atomic E-state index is 5.53. The molecule has 1 aliphatic heterocycles. The zero-order chi connectivity index (χ0) is 19.9. The van der Waals surface area contributed by atoms with Gasteiger partial charge in [-0.15, -0.1) is 24.0 Å². The fourth-order valence-electron chi connectivity index (χ4n) is 3.98. The van der Waals surface area contributed by atoms with Crippen molar-refractivity contribution in [3.8, 4) is 0 Å². The molecule has 2 aromatic heterocycles. The van der Waals surface area contributed by atoms with Gasteiger partial charge in [0.2, 0.25) is 0 Å². The summed E-state index contributed by atoms with van der Waals surface area (Å²) < 4.78 is 7.41. The molecule has 8 heteroatoms. The Hall–Kier alpha value is -1.58. The Labute approximate surface area is 191 Å². The number of halogens is 1. The van der Waals surface area contributed by atoms with E-state index in [9.17, 15) is 0 Å². The average Bonchev–Trinajstić information content (AvgIpc) is 3.42. The standard InChI is InChI=1S/C21H34N6O.HI/c1-5-18(6-2)20-11-19(28-25-20)13-23-21(22-7-3)27-9-8-16(15-27)10-17-12-24-26(4)14-17;/h11-12,14,16,18H,5-10,13,15H2,1-4H3,(H,22,23);1H. The SMILES string of the molecule is CCNC(=NCc1cc(C(CC)CC)no1)N1CCC(Cc2cnn(C)c2)C1.I. The first-order chi connectivity index (χ1) is 13.6. The van der Waals surface area contributed by atoms with Gasteiger partial charge in [-0.05, 0) is 44.1 Å². The van der Waals surface area contributed by atoms with E-state index >= 15 is 0 Å². The summed E-state index contributed by atoms with van der Waals surface area (Å²) in [6, 6.07) is 2.07. The van der Waals surface area contributed by atoms with E-state index in [2.05, 4.69) is 53.5 Å². The molecule has 0 radical (unpaired) electrons. The molecular formula is C21H35IN6O. The lowest BCUT2D eigenvalue weighted by molar-refractivity contribution is 0.371. The summed E-state index contributed by atoms with van der Waals surface area (Å²) in [4.78, 5) is 7.18. The molecule has 0 amide bonds. The van der Waals surface area contributed by atoms with Crippen LogP contribution >= 0.6 is 24.0 Å². The second-order valence-corrected chi connectivity index (χ2v) is 7.73. The third-order valence-corrected chi connectivity index (χ3v) is 5.57. The van der Waals surface area contributed by atoms with Crippen LogP contribution < -0.4 is 5.32 Å². The van der Waals surface area contributed by atoms with Gasteiger partial charge in [-0.2, -0.15) is 5.10 Å². The number of guanidine groups is 1. The lowest BCUT2D eigenvalue weighted by Crippen LogP contribution is -2.40. The van der Waals surface area contributed by atoms with Gasteiger partial charge in [0.25, 0.3) is 0 Å². The molecule has 3 rings (SSSR count). The molecule has 0 bridgehead atoms. The first-order valence-electron chi connectivity index (χ1n) is 10.6. The average molecular weight is 514 g/mol. The molecule has 1 saturated heterocycles. The number of nitrogens with one attached hydrogen (secondary N) is 1. The minimum Gasteiger partial charge on any atom is -0.359 e. The number of aliphatic imine (C=N–C) groups is 1. The van der Waals surface area contributed by atoms with E-state index in [0.29, 0.717) is 18.4 Å². The first-order valence-corrected chi connectivity index (χ1v) is 10.6. The molecule has 162 valence electrons. The van der Waals surface area contributed by atoms with E-state index in [-0.39, 0.29) is 24.0 Å². The van der Waals surface area contributed by atoms with E-state index < -0.39 is 0 Å². The largest absolute Gasteiger partial charge is 0.359 e. The molecule has 0 aromatic carbocycles. The van der Waals surface area contributed by atoms with Crippen LogP contribution in [-0.2, 0) is 20.0 Å². The smallest absolute Gasteiger partial charge is 0.194 e. The highest BCUT2D eigenvalue weighted by molar-refractivity contribution is 14.0. The van der Waals surface area contributed by atoms with Crippen LogP contribution in [0.25, 0.3) is 0 Å². The van der Waals surface area contributed by atoms with Crippen LogP contribution in [0.5, 0.6) is 0 Å². The number of aryl methyl sites for hydroxylation is 1. The van der Waals surface area contributed by atoms with E-state index in [4.69, 9.17) is 9.52 Å². The van der Waals surface area contributed by atoms with Crippen LogP contribution in [0, 0.1) is 5.92 Å². The highest BCUT2D eigenvalue weighted by atomic mass is 127. The van der Waals surface area contributed by atoms with Crippen LogP contribution in [0.2, 0.25) is 0 Å². The molecule has 2 aromatic rings. The maximum atomic E-state index is 5.53. The van der Waals surface area contributed by atoms with Crippen molar-refractivity contribution in [3.05, 3.63) is 35.5 Å². The van der Waals surface area contributed by atoms with E-state index in [0.717, 1.165) is 56.3 Å². The van der Waals surface area contributed by atoms with Crippen molar-refractivity contribution in [2.75, 3.05) is 19.6 Å². The third-order valence-electron chi connectivity index (χ3n) is 5.57. The lowest BCUT2D eigenvalue weighted by atomic mass is 9.99. The molecule has 7 nitrogen and oxygen atoms in total. The van der Waals surface area contributed by atoms with E-state index in [1.807, 2.05) is 17.9 Å². The number of rotatable bonds is 8. The second-order valence-electron chi connectivity index (χ2n) is 7.73. The molecule has 1 aliphatic rings. The second kappa shape index (κ2) is 11.6. The Morgan fingerprint density at radius 1 is 1.34 bits per heavy atom. The Kier molecular flexibility index (Phi) is 9.45. The molecule has 0 saturated carbocycles. The van der Waals surface area contributed by atoms with Crippen molar-refractivity contribution in [1.82, 2.24) is 25.2 Å². The van der Waals surface area contributed by atoms with Crippen LogP contribution in [0.3, 0.4) is 0 Å². The summed E-state index contributed by atoms with van der Waals surface area (Å²) in [5, 5.41) is 12.0. The Balaban J connectivity index is 0.00000300. The monoisotopic (exact) mass is 514 g/mol. The summed E-state index contributed by atoms with van der Waals surface area (Å²) >= 11 is 0. The summed E-state index contributed by atoms with van der Waals surface area (Å²) in [6.45, 7) is 9.94. The normalized spacial score (nSPS) is 17.1. The van der Waals surface area contributed by atoms with Gasteiger partial charge in [0.15, 0.2) is 11.7 Å². The Morgan fingerprint density at radius 2 is 2.14 bits per heavy atom. The molecule has 1 atom stereocenters. The fraction of sp³-hybridized carbons (Fsp3) is 0.667. The van der Waals surface area contributed by atoms with Gasteiger partial charge in [-0.25, -0.2) is 4.99 Å². The van der Waals surface area contributed by atoms with Crippen LogP contribution in [0.1, 0.15) is 63.0 Å². The van der Waals surface area contributed by atoms with Gasteiger partial charge in [0.05, 0.1) is 11.9 Å².